The highest BCUT2D eigenvalue weighted by Crippen LogP contribution is 2.35. The average molecular weight is 292 g/mol. The first kappa shape index (κ1) is 13.4. The van der Waals surface area contributed by atoms with Crippen LogP contribution in [0.1, 0.15) is 22.7 Å². The van der Waals surface area contributed by atoms with Crippen LogP contribution in [0.5, 0.6) is 5.75 Å². The van der Waals surface area contributed by atoms with Gasteiger partial charge in [0.2, 0.25) is 0 Å². The van der Waals surface area contributed by atoms with Gasteiger partial charge in [0.25, 0.3) is 0 Å². The second kappa shape index (κ2) is 5.08. The first-order valence-electron chi connectivity index (χ1n) is 6.52. The monoisotopic (exact) mass is 291 g/mol. The molecule has 0 spiro atoms. The van der Waals surface area contributed by atoms with Gasteiger partial charge in [-0.05, 0) is 41.8 Å². The number of ether oxygens (including phenoxy) is 1. The Labute approximate surface area is 122 Å². The van der Waals surface area contributed by atoms with Crippen molar-refractivity contribution in [3.05, 3.63) is 63.9 Å². The third-order valence-corrected chi connectivity index (χ3v) is 4.04. The topological polar surface area (TPSA) is 35.2 Å². The zero-order valence-corrected chi connectivity index (χ0v) is 11.8. The normalized spacial score (nSPS) is 18.5. The van der Waals surface area contributed by atoms with E-state index >= 15 is 0 Å². The number of fused-ring (bicyclic) bond motifs is 1. The largest absolute Gasteiger partial charge is 0.488 e. The van der Waals surface area contributed by atoms with Gasteiger partial charge in [-0.25, -0.2) is 4.39 Å². The number of hydrogen-bond acceptors (Lipinski definition) is 2. The fourth-order valence-corrected chi connectivity index (χ4v) is 2.82. The third kappa shape index (κ3) is 2.28. The minimum atomic E-state index is -0.380. The van der Waals surface area contributed by atoms with Crippen LogP contribution in [0.15, 0.2) is 36.4 Å². The van der Waals surface area contributed by atoms with E-state index in [0.29, 0.717) is 10.6 Å². The Kier molecular flexibility index (Phi) is 3.40. The highest BCUT2D eigenvalue weighted by molar-refractivity contribution is 6.31. The molecule has 0 saturated carbocycles. The summed E-state index contributed by atoms with van der Waals surface area (Å²) in [5.41, 5.74) is 8.67. The average Bonchev–Trinajstić information content (AvgIpc) is 2.86. The molecule has 104 valence electrons. The Morgan fingerprint density at radius 3 is 2.85 bits per heavy atom. The van der Waals surface area contributed by atoms with Crippen LogP contribution in [-0.4, -0.2) is 6.10 Å². The molecule has 1 heterocycles. The molecule has 0 radical (unpaired) electrons. The number of rotatable bonds is 2. The van der Waals surface area contributed by atoms with E-state index in [1.165, 1.54) is 6.07 Å². The van der Waals surface area contributed by atoms with E-state index in [4.69, 9.17) is 22.1 Å². The smallest absolute Gasteiger partial charge is 0.127 e. The molecule has 2 unspecified atom stereocenters. The molecule has 2 atom stereocenters. The van der Waals surface area contributed by atoms with Gasteiger partial charge < -0.3 is 10.5 Å². The summed E-state index contributed by atoms with van der Waals surface area (Å²) in [5, 5.41) is 0.347. The fourth-order valence-electron chi connectivity index (χ4n) is 2.54. The summed E-state index contributed by atoms with van der Waals surface area (Å²) in [6.45, 7) is 1.70. The second-order valence-corrected chi connectivity index (χ2v) is 5.52. The number of benzene rings is 2. The zero-order chi connectivity index (χ0) is 14.3. The molecule has 0 saturated heterocycles. The summed E-state index contributed by atoms with van der Waals surface area (Å²) < 4.78 is 19.3. The summed E-state index contributed by atoms with van der Waals surface area (Å²) in [7, 11) is 0. The first-order chi connectivity index (χ1) is 9.56. The summed E-state index contributed by atoms with van der Waals surface area (Å²) in [6.07, 6.45) is 0.569. The molecule has 2 aromatic rings. The lowest BCUT2D eigenvalue weighted by Crippen LogP contribution is -2.30. The summed E-state index contributed by atoms with van der Waals surface area (Å²) in [4.78, 5) is 0. The molecule has 20 heavy (non-hydrogen) atoms. The molecule has 1 aliphatic heterocycles. The number of hydrogen-bond donors (Lipinski definition) is 1. The number of para-hydroxylation sites is 1. The molecule has 1 aliphatic rings. The maximum Gasteiger partial charge on any atom is 0.127 e. The molecule has 2 aromatic carbocycles. The molecule has 2 N–H and O–H groups in total. The Morgan fingerprint density at radius 1 is 1.35 bits per heavy atom. The van der Waals surface area contributed by atoms with Gasteiger partial charge in [-0.1, -0.05) is 29.8 Å². The minimum absolute atomic E-state index is 0.172. The van der Waals surface area contributed by atoms with Crippen molar-refractivity contribution in [2.45, 2.75) is 25.5 Å². The lowest BCUT2D eigenvalue weighted by atomic mass is 9.97. The molecule has 0 fully saturated rings. The standard InChI is InChI=1S/C16H15ClFNO/c1-9-6-11(12(17)8-13(9)18)16(19)15-7-10-4-2-3-5-14(10)20-15/h2-6,8,15-16H,7,19H2,1H3. The van der Waals surface area contributed by atoms with E-state index in [2.05, 4.69) is 0 Å². The Morgan fingerprint density at radius 2 is 2.10 bits per heavy atom. The van der Waals surface area contributed by atoms with E-state index in [0.717, 1.165) is 23.3 Å². The van der Waals surface area contributed by atoms with Crippen LogP contribution >= 0.6 is 11.6 Å². The van der Waals surface area contributed by atoms with E-state index in [-0.39, 0.29) is 18.0 Å². The van der Waals surface area contributed by atoms with Crippen LogP contribution in [0.3, 0.4) is 0 Å². The molecular weight excluding hydrogens is 277 g/mol. The number of halogens is 2. The molecule has 3 rings (SSSR count). The number of aryl methyl sites for hydroxylation is 1. The molecule has 2 nitrogen and oxygen atoms in total. The zero-order valence-electron chi connectivity index (χ0n) is 11.1. The van der Waals surface area contributed by atoms with Crippen molar-refractivity contribution < 1.29 is 9.13 Å². The van der Waals surface area contributed by atoms with Gasteiger partial charge >= 0.3 is 0 Å². The van der Waals surface area contributed by atoms with Crippen molar-refractivity contribution in [1.82, 2.24) is 0 Å². The first-order valence-corrected chi connectivity index (χ1v) is 6.89. The molecule has 4 heteroatoms. The quantitative estimate of drug-likeness (QED) is 0.913. The Bertz CT molecular complexity index is 634. The van der Waals surface area contributed by atoms with Crippen molar-refractivity contribution in [2.24, 2.45) is 5.73 Å². The second-order valence-electron chi connectivity index (χ2n) is 5.12. The van der Waals surface area contributed by atoms with Crippen molar-refractivity contribution in [3.63, 3.8) is 0 Å². The molecule has 0 aromatic heterocycles. The van der Waals surface area contributed by atoms with Crippen LogP contribution < -0.4 is 10.5 Å². The van der Waals surface area contributed by atoms with Gasteiger partial charge in [-0.2, -0.15) is 0 Å². The Balaban J connectivity index is 1.88. The summed E-state index contributed by atoms with van der Waals surface area (Å²) >= 11 is 6.11. The van der Waals surface area contributed by atoms with Crippen LogP contribution in [0.25, 0.3) is 0 Å². The predicted molar refractivity (Wildman–Crippen MR) is 77.6 cm³/mol. The highest BCUT2D eigenvalue weighted by Gasteiger charge is 2.30. The van der Waals surface area contributed by atoms with E-state index < -0.39 is 0 Å². The van der Waals surface area contributed by atoms with Gasteiger partial charge in [-0.15, -0.1) is 0 Å². The van der Waals surface area contributed by atoms with E-state index in [1.54, 1.807) is 13.0 Å². The molecule has 0 amide bonds. The SMILES string of the molecule is Cc1cc(C(N)C2Cc3ccccc3O2)c(Cl)cc1F. The fraction of sp³-hybridized carbons (Fsp3) is 0.250. The van der Waals surface area contributed by atoms with Crippen molar-refractivity contribution >= 4 is 11.6 Å². The van der Waals surface area contributed by atoms with Crippen molar-refractivity contribution in [1.29, 1.82) is 0 Å². The van der Waals surface area contributed by atoms with Crippen LogP contribution in [-0.2, 0) is 6.42 Å². The minimum Gasteiger partial charge on any atom is -0.488 e. The van der Waals surface area contributed by atoms with E-state index in [1.807, 2.05) is 24.3 Å². The molecule has 0 aliphatic carbocycles. The predicted octanol–water partition coefficient (Wildman–Crippen LogP) is 3.79. The van der Waals surface area contributed by atoms with Gasteiger partial charge in [0.15, 0.2) is 0 Å². The van der Waals surface area contributed by atoms with E-state index in [9.17, 15) is 4.39 Å². The highest BCUT2D eigenvalue weighted by atomic mass is 35.5. The van der Waals surface area contributed by atoms with Gasteiger partial charge in [0.1, 0.15) is 17.7 Å². The maximum absolute atomic E-state index is 13.5. The molecule has 0 bridgehead atoms. The van der Waals surface area contributed by atoms with Crippen LogP contribution in [0.2, 0.25) is 5.02 Å². The van der Waals surface area contributed by atoms with Crippen LogP contribution in [0.4, 0.5) is 4.39 Å². The number of nitrogens with two attached hydrogens (primary N) is 1. The van der Waals surface area contributed by atoms with Crippen LogP contribution in [0, 0.1) is 12.7 Å². The summed E-state index contributed by atoms with van der Waals surface area (Å²) in [6, 6.07) is 10.5. The Hall–Kier alpha value is -1.58. The maximum atomic E-state index is 13.5. The lowest BCUT2D eigenvalue weighted by molar-refractivity contribution is 0.199. The molecular formula is C16H15ClFNO. The third-order valence-electron chi connectivity index (χ3n) is 3.71. The van der Waals surface area contributed by atoms with Gasteiger partial charge in [0, 0.05) is 11.4 Å². The lowest BCUT2D eigenvalue weighted by Gasteiger charge is -2.21. The summed E-state index contributed by atoms with van der Waals surface area (Å²) in [5.74, 6) is 0.546. The van der Waals surface area contributed by atoms with Gasteiger partial charge in [-0.3, -0.25) is 0 Å². The van der Waals surface area contributed by atoms with Crippen molar-refractivity contribution in [3.8, 4) is 5.75 Å². The van der Waals surface area contributed by atoms with Gasteiger partial charge in [0.05, 0.1) is 6.04 Å². The van der Waals surface area contributed by atoms with Crippen molar-refractivity contribution in [2.75, 3.05) is 0 Å².